The lowest BCUT2D eigenvalue weighted by molar-refractivity contribution is -0.148. The van der Waals surface area contributed by atoms with Crippen molar-refractivity contribution in [3.05, 3.63) is 59.0 Å². The van der Waals surface area contributed by atoms with Gasteiger partial charge >= 0.3 is 0 Å². The average Bonchev–Trinajstić information content (AvgIpc) is 3.33. The summed E-state index contributed by atoms with van der Waals surface area (Å²) < 4.78 is 7.40. The fourth-order valence-electron chi connectivity index (χ4n) is 8.84. The zero-order valence-electron chi connectivity index (χ0n) is 21.1. The Morgan fingerprint density at radius 3 is 2.94 bits per heavy atom. The highest BCUT2D eigenvalue weighted by molar-refractivity contribution is 5.52. The molecule has 2 nitrogen and oxygen atoms in total. The van der Waals surface area contributed by atoms with E-state index in [1.807, 2.05) is 12.4 Å². The molecule has 3 aliphatic carbocycles. The first-order chi connectivity index (χ1) is 15.9. The smallest absolute Gasteiger partial charge is 0.0944 e. The minimum absolute atomic E-state index is 0.0276. The topological polar surface area (TPSA) is 22.1 Å². The van der Waals surface area contributed by atoms with Crippen molar-refractivity contribution in [1.29, 1.82) is 0 Å². The van der Waals surface area contributed by atoms with Gasteiger partial charge in [-0.3, -0.25) is 4.98 Å². The lowest BCUT2D eigenvalue weighted by atomic mass is 9.55. The van der Waals surface area contributed by atoms with Crippen LogP contribution in [0.4, 0.5) is 0 Å². The third kappa shape index (κ3) is 3.12. The van der Waals surface area contributed by atoms with Crippen LogP contribution in [0.1, 0.15) is 89.7 Å². The van der Waals surface area contributed by atoms with E-state index in [1.165, 1.54) is 74.5 Å². The van der Waals surface area contributed by atoms with Gasteiger partial charge in [-0.15, -0.1) is 0 Å². The summed E-state index contributed by atoms with van der Waals surface area (Å²) in [7, 11) is 0. The van der Waals surface area contributed by atoms with Gasteiger partial charge in [-0.25, -0.2) is 0 Å². The van der Waals surface area contributed by atoms with Gasteiger partial charge in [0.2, 0.25) is 0 Å². The molecule has 0 radical (unpaired) electrons. The third-order valence-electron chi connectivity index (χ3n) is 10.7. The monoisotopic (exact) mass is 443 g/mol. The van der Waals surface area contributed by atoms with E-state index >= 15 is 0 Å². The third-order valence-corrected chi connectivity index (χ3v) is 10.7. The average molecular weight is 444 g/mol. The maximum atomic E-state index is 7.40. The van der Waals surface area contributed by atoms with Crippen molar-refractivity contribution in [3.8, 4) is 0 Å². The van der Waals surface area contributed by atoms with Crippen LogP contribution in [0.25, 0.3) is 6.08 Å². The number of hydrogen-bond acceptors (Lipinski definition) is 2. The second-order valence-electron chi connectivity index (χ2n) is 12.2. The summed E-state index contributed by atoms with van der Waals surface area (Å²) >= 11 is 0. The molecule has 2 saturated carbocycles. The van der Waals surface area contributed by atoms with Crippen LogP contribution in [0.2, 0.25) is 0 Å². The van der Waals surface area contributed by atoms with Crippen LogP contribution in [0.3, 0.4) is 0 Å². The minimum Gasteiger partial charge on any atom is -0.359 e. The number of aromatic nitrogens is 1. The molecular weight excluding hydrogens is 402 g/mol. The number of ether oxygens (including phenoxy) is 1. The molecular formula is C31H41NO. The molecule has 1 aromatic heterocycles. The Balaban J connectivity index is 1.29. The van der Waals surface area contributed by atoms with Gasteiger partial charge < -0.3 is 4.74 Å². The highest BCUT2D eigenvalue weighted by atomic mass is 16.5. The second kappa shape index (κ2) is 7.67. The lowest BCUT2D eigenvalue weighted by Gasteiger charge is -2.56. The fourth-order valence-corrected chi connectivity index (χ4v) is 8.84. The Hall–Kier alpha value is -1.67. The number of nitrogens with zero attached hydrogens (tertiary/aromatic N) is 1. The Bertz CT molecular complexity index is 1040. The maximum absolute atomic E-state index is 7.40. The molecule has 6 rings (SSSR count). The van der Waals surface area contributed by atoms with Crippen molar-refractivity contribution in [2.75, 3.05) is 0 Å². The molecule has 2 bridgehead atoms. The van der Waals surface area contributed by atoms with Crippen LogP contribution < -0.4 is 0 Å². The van der Waals surface area contributed by atoms with Gasteiger partial charge in [0.1, 0.15) is 0 Å². The zero-order chi connectivity index (χ0) is 22.8. The van der Waals surface area contributed by atoms with Gasteiger partial charge in [0.15, 0.2) is 0 Å². The normalized spacial score (nSPS) is 42.4. The van der Waals surface area contributed by atoms with E-state index in [0.29, 0.717) is 17.3 Å². The first kappa shape index (κ1) is 21.8. The SMILES string of the molecule is CCC1CC=C2C=C3CCC4(C)C(C(C)C=Cc5ccncc5C)CCC4C34CCC2(C1)O4. The molecule has 2 aliphatic heterocycles. The van der Waals surface area contributed by atoms with Crippen molar-refractivity contribution < 1.29 is 4.74 Å². The molecule has 1 saturated heterocycles. The molecule has 7 unspecified atom stereocenters. The molecule has 3 fully saturated rings. The van der Waals surface area contributed by atoms with E-state index in [4.69, 9.17) is 4.74 Å². The van der Waals surface area contributed by atoms with Crippen LogP contribution in [0.5, 0.6) is 0 Å². The lowest BCUT2D eigenvalue weighted by Crippen LogP contribution is -2.55. The maximum Gasteiger partial charge on any atom is 0.0944 e. The fraction of sp³-hybridized carbons (Fsp3) is 0.645. The van der Waals surface area contributed by atoms with E-state index in [2.05, 4.69) is 63.0 Å². The Kier molecular flexibility index (Phi) is 5.07. The molecule has 5 aliphatic rings. The molecule has 7 atom stereocenters. The largest absolute Gasteiger partial charge is 0.359 e. The van der Waals surface area contributed by atoms with E-state index < -0.39 is 0 Å². The minimum atomic E-state index is 0.0276. The van der Waals surface area contributed by atoms with Crippen molar-refractivity contribution in [2.24, 2.45) is 29.1 Å². The molecule has 0 N–H and O–H groups in total. The van der Waals surface area contributed by atoms with E-state index in [9.17, 15) is 0 Å². The Morgan fingerprint density at radius 2 is 2.12 bits per heavy atom. The molecule has 176 valence electrons. The van der Waals surface area contributed by atoms with Crippen LogP contribution in [-0.2, 0) is 4.74 Å². The highest BCUT2D eigenvalue weighted by Crippen LogP contribution is 2.69. The Labute approximate surface area is 200 Å². The van der Waals surface area contributed by atoms with Gasteiger partial charge in [0, 0.05) is 12.4 Å². The first-order valence-electron chi connectivity index (χ1n) is 13.6. The van der Waals surface area contributed by atoms with Gasteiger partial charge in [-0.1, -0.05) is 51.5 Å². The molecule has 2 spiro atoms. The summed E-state index contributed by atoms with van der Waals surface area (Å²) in [5, 5.41) is 0. The van der Waals surface area contributed by atoms with E-state index in [-0.39, 0.29) is 11.2 Å². The van der Waals surface area contributed by atoms with Gasteiger partial charge in [0.25, 0.3) is 0 Å². The summed E-state index contributed by atoms with van der Waals surface area (Å²) in [6.07, 6.45) is 25.4. The van der Waals surface area contributed by atoms with Crippen molar-refractivity contribution in [1.82, 2.24) is 4.98 Å². The molecule has 2 heteroatoms. The van der Waals surface area contributed by atoms with Gasteiger partial charge in [-0.05, 0) is 116 Å². The molecule has 0 amide bonds. The quantitative estimate of drug-likeness (QED) is 0.473. The number of rotatable bonds is 4. The first-order valence-corrected chi connectivity index (χ1v) is 13.6. The second-order valence-corrected chi connectivity index (χ2v) is 12.2. The molecule has 0 aromatic carbocycles. The summed E-state index contributed by atoms with van der Waals surface area (Å²) in [6.45, 7) is 9.60. The number of fused-ring (bicyclic) bond motifs is 1. The number of hydrogen-bond donors (Lipinski definition) is 0. The summed E-state index contributed by atoms with van der Waals surface area (Å²) in [4.78, 5) is 4.26. The van der Waals surface area contributed by atoms with Crippen LogP contribution >= 0.6 is 0 Å². The number of pyridine rings is 1. The molecule has 3 heterocycles. The summed E-state index contributed by atoms with van der Waals surface area (Å²) in [5.74, 6) is 2.80. The molecule has 1 aromatic rings. The van der Waals surface area contributed by atoms with E-state index in [0.717, 1.165) is 11.8 Å². The standard InChI is InChI=1S/C31H41NO/c1-5-23-7-9-25-18-26-12-14-29(4)27(21(2)6-8-24-13-17-32-20-22(24)3)10-11-28(29)31(26)16-15-30(25,19-23)33-31/h6,8-9,13,17-18,20-21,23,27-28H,5,7,10-12,14-16,19H2,1-4H3. The highest BCUT2D eigenvalue weighted by Gasteiger charge is 2.67. The summed E-state index contributed by atoms with van der Waals surface area (Å²) in [5.41, 5.74) is 6.19. The van der Waals surface area contributed by atoms with Crippen LogP contribution in [0.15, 0.2) is 47.8 Å². The van der Waals surface area contributed by atoms with Gasteiger partial charge in [-0.2, -0.15) is 0 Å². The predicted molar refractivity (Wildman–Crippen MR) is 136 cm³/mol. The van der Waals surface area contributed by atoms with Crippen LogP contribution in [-0.4, -0.2) is 16.2 Å². The summed E-state index contributed by atoms with van der Waals surface area (Å²) in [6, 6.07) is 2.14. The Morgan fingerprint density at radius 1 is 1.24 bits per heavy atom. The predicted octanol–water partition coefficient (Wildman–Crippen LogP) is 7.84. The van der Waals surface area contributed by atoms with Crippen LogP contribution in [0, 0.1) is 36.0 Å². The van der Waals surface area contributed by atoms with Crippen molar-refractivity contribution >= 4 is 6.08 Å². The van der Waals surface area contributed by atoms with Gasteiger partial charge in [0.05, 0.1) is 11.2 Å². The van der Waals surface area contributed by atoms with Crippen molar-refractivity contribution in [3.63, 3.8) is 0 Å². The molecule has 33 heavy (non-hydrogen) atoms. The zero-order valence-corrected chi connectivity index (χ0v) is 21.1. The van der Waals surface area contributed by atoms with E-state index in [1.54, 1.807) is 5.57 Å². The van der Waals surface area contributed by atoms with Crippen molar-refractivity contribution in [2.45, 2.75) is 96.7 Å². The number of allylic oxidation sites excluding steroid dienone is 2. The number of aryl methyl sites for hydroxylation is 1.